The van der Waals surface area contributed by atoms with Crippen molar-refractivity contribution in [2.45, 2.75) is 6.92 Å². The Bertz CT molecular complexity index is 361. The first-order valence-corrected chi connectivity index (χ1v) is 4.87. The molecule has 1 rings (SSSR count). The number of carbonyl (C=O) groups excluding carboxylic acids is 1. The third-order valence-corrected chi connectivity index (χ3v) is 3.09. The summed E-state index contributed by atoms with van der Waals surface area (Å²) in [6.45, 7) is 1.57. The largest absolute Gasteiger partial charge is 0.494 e. The Balaban J connectivity index is 3.27. The first-order valence-electron chi connectivity index (χ1n) is 3.22. The van der Waals surface area contributed by atoms with Crippen LogP contribution < -0.4 is 0 Å². The summed E-state index contributed by atoms with van der Waals surface area (Å²) >= 11 is 0. The molecular weight excluding hydrogens is 182 g/mol. The van der Waals surface area contributed by atoms with Crippen molar-refractivity contribution in [3.8, 4) is 0 Å². The van der Waals surface area contributed by atoms with Crippen LogP contribution in [0.3, 0.4) is 0 Å². The zero-order valence-corrected chi connectivity index (χ0v) is 7.22. The highest BCUT2D eigenvalue weighted by atomic mass is 32.2. The fourth-order valence-corrected chi connectivity index (χ4v) is 2.04. The van der Waals surface area contributed by atoms with Crippen molar-refractivity contribution < 1.29 is 17.9 Å². The molecule has 0 atom stereocenters. The van der Waals surface area contributed by atoms with Gasteiger partial charge in [0, 0.05) is 0 Å². The molecule has 0 aliphatic carbocycles. The van der Waals surface area contributed by atoms with Gasteiger partial charge in [0.15, 0.2) is 0 Å². The molecule has 0 unspecified atom stereocenters. The van der Waals surface area contributed by atoms with E-state index in [9.17, 15) is 13.2 Å². The van der Waals surface area contributed by atoms with Gasteiger partial charge in [-0.3, -0.25) is 0 Å². The molecule has 1 aliphatic heterocycles. The lowest BCUT2D eigenvalue weighted by Gasteiger charge is -2.14. The summed E-state index contributed by atoms with van der Waals surface area (Å²) in [5.41, 5.74) is 0. The van der Waals surface area contributed by atoms with E-state index in [4.69, 9.17) is 4.74 Å². The number of aliphatic imine (C=N–C) groups is 1. The van der Waals surface area contributed by atoms with Gasteiger partial charge in [0.1, 0.15) is 12.4 Å². The molecule has 0 aromatic rings. The van der Waals surface area contributed by atoms with Crippen molar-refractivity contribution >= 4 is 15.9 Å². The Labute approximate surface area is 69.7 Å². The van der Waals surface area contributed by atoms with Gasteiger partial charge < -0.3 is 4.74 Å². The van der Waals surface area contributed by atoms with Gasteiger partial charge in [-0.25, -0.2) is 13.2 Å². The molecule has 0 saturated heterocycles. The third kappa shape index (κ3) is 1.54. The maximum Gasteiger partial charge on any atom is 0.241 e. The van der Waals surface area contributed by atoms with E-state index in [0.29, 0.717) is 0 Å². The van der Waals surface area contributed by atoms with Crippen molar-refractivity contribution in [1.82, 2.24) is 0 Å². The minimum atomic E-state index is -3.41. The second-order valence-electron chi connectivity index (χ2n) is 2.23. The summed E-state index contributed by atoms with van der Waals surface area (Å²) in [5, 5.41) is -0.302. The number of isocyanates is 1. The average Bonchev–Trinajstić information content (AvgIpc) is 1.97. The topological polar surface area (TPSA) is 72.8 Å². The molecular formula is C6H7NO4S. The van der Waals surface area contributed by atoms with Crippen LogP contribution in [0.5, 0.6) is 0 Å². The van der Waals surface area contributed by atoms with Crippen LogP contribution >= 0.6 is 0 Å². The van der Waals surface area contributed by atoms with Crippen molar-refractivity contribution in [3.63, 3.8) is 0 Å². The molecule has 5 nitrogen and oxygen atoms in total. The number of hydrogen-bond acceptors (Lipinski definition) is 5. The monoisotopic (exact) mass is 189 g/mol. The zero-order valence-electron chi connectivity index (χ0n) is 6.40. The lowest BCUT2D eigenvalue weighted by Crippen LogP contribution is -2.20. The third-order valence-electron chi connectivity index (χ3n) is 1.41. The standard InChI is InChI=1S/C6H7NO4S/c1-5-6(7-4-8)12(9,10)3-2-11-5/h2-3H2,1H3. The number of rotatable bonds is 1. The Hall–Kier alpha value is -1.13. The van der Waals surface area contributed by atoms with Gasteiger partial charge in [-0.05, 0) is 6.92 Å². The van der Waals surface area contributed by atoms with Crippen molar-refractivity contribution in [2.75, 3.05) is 12.4 Å². The molecule has 0 aromatic carbocycles. The first kappa shape index (κ1) is 8.96. The predicted octanol–water partition coefficient (Wildman–Crippen LogP) is -0.0438. The van der Waals surface area contributed by atoms with Gasteiger partial charge in [0.25, 0.3) is 0 Å². The summed E-state index contributed by atoms with van der Waals surface area (Å²) in [4.78, 5) is 12.9. The molecule has 0 spiro atoms. The van der Waals surface area contributed by atoms with E-state index in [2.05, 4.69) is 4.99 Å². The van der Waals surface area contributed by atoms with E-state index in [-0.39, 0.29) is 23.1 Å². The lowest BCUT2D eigenvalue weighted by molar-refractivity contribution is 0.225. The minimum Gasteiger partial charge on any atom is -0.494 e. The highest BCUT2D eigenvalue weighted by molar-refractivity contribution is 7.95. The van der Waals surface area contributed by atoms with E-state index in [1.165, 1.54) is 13.0 Å². The quantitative estimate of drug-likeness (QED) is 0.428. The highest BCUT2D eigenvalue weighted by Crippen LogP contribution is 2.19. The summed E-state index contributed by atoms with van der Waals surface area (Å²) in [5.74, 6) is 0.0230. The van der Waals surface area contributed by atoms with Crippen LogP contribution in [-0.2, 0) is 19.4 Å². The summed E-state index contributed by atoms with van der Waals surface area (Å²) < 4.78 is 27.2. The second-order valence-corrected chi connectivity index (χ2v) is 4.26. The summed E-state index contributed by atoms with van der Waals surface area (Å²) in [6, 6.07) is 0. The predicted molar refractivity (Wildman–Crippen MR) is 40.6 cm³/mol. The van der Waals surface area contributed by atoms with Crippen LogP contribution in [-0.4, -0.2) is 26.9 Å². The molecule has 0 bridgehead atoms. The normalized spacial score (nSPS) is 21.1. The zero-order chi connectivity index (χ0) is 9.19. The van der Waals surface area contributed by atoms with Gasteiger partial charge in [-0.2, -0.15) is 4.99 Å². The minimum absolute atomic E-state index is 0.117. The van der Waals surface area contributed by atoms with Crippen molar-refractivity contribution in [3.05, 3.63) is 10.8 Å². The van der Waals surface area contributed by atoms with E-state index < -0.39 is 9.84 Å². The maximum atomic E-state index is 11.2. The van der Waals surface area contributed by atoms with Gasteiger partial charge >= 0.3 is 0 Å². The van der Waals surface area contributed by atoms with Crippen LogP contribution in [0.2, 0.25) is 0 Å². The number of sulfone groups is 1. The molecule has 1 heterocycles. The molecule has 0 saturated carbocycles. The van der Waals surface area contributed by atoms with Crippen LogP contribution in [0.25, 0.3) is 0 Å². The van der Waals surface area contributed by atoms with Gasteiger partial charge in [0.05, 0.1) is 5.75 Å². The SMILES string of the molecule is CC1=C(N=C=O)S(=O)(=O)CCO1. The molecule has 1 aliphatic rings. The van der Waals surface area contributed by atoms with Crippen LogP contribution in [0.1, 0.15) is 6.92 Å². The number of nitrogens with zero attached hydrogens (tertiary/aromatic N) is 1. The van der Waals surface area contributed by atoms with Gasteiger partial charge in [0.2, 0.25) is 20.9 Å². The number of allylic oxidation sites excluding steroid dienone is 1. The second kappa shape index (κ2) is 3.08. The van der Waals surface area contributed by atoms with E-state index in [0.717, 1.165) is 0 Å². The van der Waals surface area contributed by atoms with Gasteiger partial charge in [-0.15, -0.1) is 0 Å². The smallest absolute Gasteiger partial charge is 0.241 e. The molecule has 12 heavy (non-hydrogen) atoms. The number of hydrogen-bond donors (Lipinski definition) is 0. The Morgan fingerprint density at radius 3 is 2.75 bits per heavy atom. The van der Waals surface area contributed by atoms with Crippen molar-refractivity contribution in [1.29, 1.82) is 0 Å². The van der Waals surface area contributed by atoms with Crippen molar-refractivity contribution in [2.24, 2.45) is 4.99 Å². The molecule has 0 fully saturated rings. The Morgan fingerprint density at radius 2 is 2.25 bits per heavy atom. The van der Waals surface area contributed by atoms with Crippen LogP contribution in [0, 0.1) is 0 Å². The van der Waals surface area contributed by atoms with E-state index in [1.807, 2.05) is 0 Å². The van der Waals surface area contributed by atoms with Gasteiger partial charge in [-0.1, -0.05) is 0 Å². The molecule has 0 aromatic heterocycles. The fourth-order valence-electron chi connectivity index (χ4n) is 0.872. The van der Waals surface area contributed by atoms with Crippen LogP contribution in [0.15, 0.2) is 15.8 Å². The molecule has 0 radical (unpaired) electrons. The Kier molecular flexibility index (Phi) is 2.30. The summed E-state index contributed by atoms with van der Waals surface area (Å²) in [7, 11) is -3.41. The Morgan fingerprint density at radius 1 is 1.58 bits per heavy atom. The summed E-state index contributed by atoms with van der Waals surface area (Å²) in [6.07, 6.45) is 1.18. The van der Waals surface area contributed by atoms with E-state index in [1.54, 1.807) is 0 Å². The molecule has 66 valence electrons. The maximum absolute atomic E-state index is 11.2. The van der Waals surface area contributed by atoms with E-state index >= 15 is 0 Å². The average molecular weight is 189 g/mol. The molecule has 6 heteroatoms. The molecule has 0 N–H and O–H groups in total. The first-order chi connectivity index (χ1) is 5.58. The lowest BCUT2D eigenvalue weighted by atomic mass is 10.6. The molecule has 0 amide bonds. The fraction of sp³-hybridized carbons (Fsp3) is 0.500. The van der Waals surface area contributed by atoms with Crippen LogP contribution in [0.4, 0.5) is 0 Å². The number of ether oxygens (including phenoxy) is 1. The highest BCUT2D eigenvalue weighted by Gasteiger charge is 2.25.